The quantitative estimate of drug-likeness (QED) is 0.642. The van der Waals surface area contributed by atoms with E-state index in [0.717, 1.165) is 11.3 Å². The zero-order valence-corrected chi connectivity index (χ0v) is 15.8. The van der Waals surface area contributed by atoms with E-state index in [9.17, 15) is 4.79 Å². The molecule has 6 nitrogen and oxygen atoms in total. The predicted octanol–water partition coefficient (Wildman–Crippen LogP) is 3.55. The fourth-order valence-electron chi connectivity index (χ4n) is 2.89. The number of amides is 1. The number of hydrogen-bond donors (Lipinski definition) is 0. The molecule has 1 amide bonds. The van der Waals surface area contributed by atoms with Crippen LogP contribution in [0.4, 0.5) is 0 Å². The molecule has 0 fully saturated rings. The van der Waals surface area contributed by atoms with Crippen molar-refractivity contribution in [2.75, 3.05) is 20.8 Å². The van der Waals surface area contributed by atoms with E-state index in [2.05, 4.69) is 5.10 Å². The molecule has 140 valence electrons. The van der Waals surface area contributed by atoms with Gasteiger partial charge in [0.05, 0.1) is 19.9 Å². The third-order valence-electron chi connectivity index (χ3n) is 4.37. The van der Waals surface area contributed by atoms with E-state index in [4.69, 9.17) is 9.47 Å². The highest BCUT2D eigenvalue weighted by Crippen LogP contribution is 2.28. The molecular weight excluding hydrogens is 342 g/mol. The smallest absolute Gasteiger partial charge is 0.254 e. The average molecular weight is 365 g/mol. The average Bonchev–Trinajstić information content (AvgIpc) is 3.26. The monoisotopic (exact) mass is 365 g/mol. The topological polar surface area (TPSA) is 56.6 Å². The van der Waals surface area contributed by atoms with E-state index < -0.39 is 0 Å². The molecule has 0 aliphatic heterocycles. The maximum absolute atomic E-state index is 12.9. The number of nitrogens with zero attached hydrogens (tertiary/aromatic N) is 3. The Morgan fingerprint density at radius 1 is 1.07 bits per heavy atom. The highest BCUT2D eigenvalue weighted by atomic mass is 16.5. The molecule has 3 rings (SSSR count). The van der Waals surface area contributed by atoms with Crippen LogP contribution in [0.2, 0.25) is 0 Å². The molecule has 0 aliphatic rings. The zero-order chi connectivity index (χ0) is 19.2. The lowest BCUT2D eigenvalue weighted by atomic mass is 10.1. The molecule has 0 radical (unpaired) electrons. The number of rotatable bonds is 7. The second-order valence-electron chi connectivity index (χ2n) is 6.01. The molecule has 0 aliphatic carbocycles. The number of carbonyl (C=O) groups excluding carboxylic acids is 1. The molecular formula is C21H23N3O3. The summed E-state index contributed by atoms with van der Waals surface area (Å²) in [6.45, 7) is 3.07. The van der Waals surface area contributed by atoms with Crippen LogP contribution in [0.3, 0.4) is 0 Å². The van der Waals surface area contributed by atoms with Crippen molar-refractivity contribution in [3.63, 3.8) is 0 Å². The summed E-state index contributed by atoms with van der Waals surface area (Å²) in [5.74, 6) is 1.31. The van der Waals surface area contributed by atoms with Gasteiger partial charge in [0.25, 0.3) is 5.91 Å². The first-order valence-electron chi connectivity index (χ1n) is 8.76. The zero-order valence-electron chi connectivity index (χ0n) is 15.8. The first kappa shape index (κ1) is 18.5. The summed E-state index contributed by atoms with van der Waals surface area (Å²) in [5, 5.41) is 4.20. The molecule has 6 heteroatoms. The summed E-state index contributed by atoms with van der Waals surface area (Å²) >= 11 is 0. The van der Waals surface area contributed by atoms with E-state index in [-0.39, 0.29) is 5.91 Å². The van der Waals surface area contributed by atoms with Crippen molar-refractivity contribution in [1.82, 2.24) is 14.7 Å². The van der Waals surface area contributed by atoms with Crippen LogP contribution in [0.15, 0.2) is 60.9 Å². The summed E-state index contributed by atoms with van der Waals surface area (Å²) in [7, 11) is 3.21. The lowest BCUT2D eigenvalue weighted by molar-refractivity contribution is 0.0752. The molecule has 0 spiro atoms. The summed E-state index contributed by atoms with van der Waals surface area (Å²) in [4.78, 5) is 14.7. The molecule has 0 unspecified atom stereocenters. The largest absolute Gasteiger partial charge is 0.493 e. The van der Waals surface area contributed by atoms with Crippen LogP contribution in [-0.2, 0) is 6.54 Å². The fourth-order valence-corrected chi connectivity index (χ4v) is 2.89. The molecule has 2 aromatic carbocycles. The van der Waals surface area contributed by atoms with Crippen LogP contribution in [0.25, 0.3) is 5.69 Å². The first-order chi connectivity index (χ1) is 13.2. The lowest BCUT2D eigenvalue weighted by Crippen LogP contribution is -2.30. The van der Waals surface area contributed by atoms with Crippen LogP contribution in [0.5, 0.6) is 11.5 Å². The third kappa shape index (κ3) is 4.11. The highest BCUT2D eigenvalue weighted by Gasteiger charge is 2.16. The van der Waals surface area contributed by atoms with Gasteiger partial charge in [0.15, 0.2) is 11.5 Å². The molecule has 0 atom stereocenters. The number of hydrogen-bond acceptors (Lipinski definition) is 4. The maximum atomic E-state index is 12.9. The Morgan fingerprint density at radius 3 is 2.41 bits per heavy atom. The Hall–Kier alpha value is -3.28. The van der Waals surface area contributed by atoms with E-state index >= 15 is 0 Å². The number of ether oxygens (including phenoxy) is 2. The van der Waals surface area contributed by atoms with Crippen LogP contribution in [0.1, 0.15) is 22.8 Å². The molecule has 1 aromatic heterocycles. The van der Waals surface area contributed by atoms with Gasteiger partial charge in [-0.1, -0.05) is 6.07 Å². The summed E-state index contributed by atoms with van der Waals surface area (Å²) < 4.78 is 12.4. The number of methoxy groups -OCH3 is 2. The normalized spacial score (nSPS) is 10.5. The minimum Gasteiger partial charge on any atom is -0.493 e. The van der Waals surface area contributed by atoms with Gasteiger partial charge in [0.2, 0.25) is 0 Å². The Bertz CT molecular complexity index is 890. The Morgan fingerprint density at radius 2 is 1.81 bits per heavy atom. The first-order valence-corrected chi connectivity index (χ1v) is 8.76. The van der Waals surface area contributed by atoms with E-state index in [0.29, 0.717) is 30.2 Å². The van der Waals surface area contributed by atoms with E-state index in [1.54, 1.807) is 30.0 Å². The van der Waals surface area contributed by atoms with Crippen molar-refractivity contribution in [2.45, 2.75) is 13.5 Å². The second-order valence-corrected chi connectivity index (χ2v) is 6.01. The Kier molecular flexibility index (Phi) is 5.76. The summed E-state index contributed by atoms with van der Waals surface area (Å²) in [6, 6.07) is 15.0. The van der Waals surface area contributed by atoms with Crippen molar-refractivity contribution in [3.8, 4) is 17.2 Å². The van der Waals surface area contributed by atoms with Crippen LogP contribution in [0, 0.1) is 0 Å². The number of aromatic nitrogens is 2. The van der Waals surface area contributed by atoms with Crippen molar-refractivity contribution >= 4 is 5.91 Å². The minimum absolute atomic E-state index is 0.0145. The van der Waals surface area contributed by atoms with Gasteiger partial charge in [-0.3, -0.25) is 4.79 Å². The van der Waals surface area contributed by atoms with Crippen LogP contribution < -0.4 is 9.47 Å². The predicted molar refractivity (Wildman–Crippen MR) is 104 cm³/mol. The second kappa shape index (κ2) is 8.40. The van der Waals surface area contributed by atoms with Crippen molar-refractivity contribution in [3.05, 3.63) is 72.1 Å². The fraction of sp³-hybridized carbons (Fsp3) is 0.238. The van der Waals surface area contributed by atoms with Gasteiger partial charge >= 0.3 is 0 Å². The Labute approximate surface area is 158 Å². The summed E-state index contributed by atoms with van der Waals surface area (Å²) in [6.07, 6.45) is 3.59. The maximum Gasteiger partial charge on any atom is 0.254 e. The molecule has 0 saturated carbocycles. The van der Waals surface area contributed by atoms with Gasteiger partial charge in [-0.2, -0.15) is 5.10 Å². The van der Waals surface area contributed by atoms with Gasteiger partial charge in [-0.15, -0.1) is 0 Å². The van der Waals surface area contributed by atoms with Crippen LogP contribution >= 0.6 is 0 Å². The SMILES string of the molecule is CCN(Cc1ccc(OC)c(OC)c1)C(=O)c1ccc(-n2cccn2)cc1. The van der Waals surface area contributed by atoms with Crippen LogP contribution in [-0.4, -0.2) is 41.4 Å². The number of carbonyl (C=O) groups is 1. The molecule has 0 bridgehead atoms. The molecule has 3 aromatic rings. The van der Waals surface area contributed by atoms with E-state index in [1.165, 1.54) is 0 Å². The van der Waals surface area contributed by atoms with Crippen molar-refractivity contribution in [2.24, 2.45) is 0 Å². The standard InChI is InChI=1S/C21H23N3O3/c1-4-23(15-16-6-11-19(26-2)20(14-16)27-3)21(25)17-7-9-18(10-8-17)24-13-5-12-22-24/h5-14H,4,15H2,1-3H3. The van der Waals surface area contributed by atoms with Gasteiger partial charge in [-0.05, 0) is 55.0 Å². The minimum atomic E-state index is -0.0145. The van der Waals surface area contributed by atoms with Crippen molar-refractivity contribution in [1.29, 1.82) is 0 Å². The van der Waals surface area contributed by atoms with Gasteiger partial charge < -0.3 is 14.4 Å². The molecule has 1 heterocycles. The van der Waals surface area contributed by atoms with Crippen molar-refractivity contribution < 1.29 is 14.3 Å². The third-order valence-corrected chi connectivity index (χ3v) is 4.37. The van der Waals surface area contributed by atoms with Gasteiger partial charge in [-0.25, -0.2) is 4.68 Å². The molecule has 0 saturated heterocycles. The van der Waals surface area contributed by atoms with E-state index in [1.807, 2.05) is 61.7 Å². The number of benzene rings is 2. The Balaban J connectivity index is 1.76. The lowest BCUT2D eigenvalue weighted by Gasteiger charge is -2.22. The summed E-state index contributed by atoms with van der Waals surface area (Å²) in [5.41, 5.74) is 2.55. The highest BCUT2D eigenvalue weighted by molar-refractivity contribution is 5.94. The van der Waals surface area contributed by atoms with Gasteiger partial charge in [0, 0.05) is 31.0 Å². The molecule has 0 N–H and O–H groups in total. The van der Waals surface area contributed by atoms with Gasteiger partial charge in [0.1, 0.15) is 0 Å². The molecule has 27 heavy (non-hydrogen) atoms.